The normalized spacial score (nSPS) is 15.2. The van der Waals surface area contributed by atoms with Crippen LogP contribution in [0.15, 0.2) is 0 Å². The molecule has 2 nitrogen and oxygen atoms in total. The van der Waals surface area contributed by atoms with Crippen molar-refractivity contribution >= 4 is 11.8 Å². The molecule has 0 aromatic carbocycles. The topological polar surface area (TPSA) is 21.3 Å². The molecule has 0 saturated carbocycles. The van der Waals surface area contributed by atoms with Gasteiger partial charge in [-0.05, 0) is 25.5 Å². The molecule has 2 unspecified atom stereocenters. The van der Waals surface area contributed by atoms with Gasteiger partial charge in [-0.3, -0.25) is 0 Å². The van der Waals surface area contributed by atoms with E-state index in [1.165, 1.54) is 18.6 Å². The van der Waals surface area contributed by atoms with Gasteiger partial charge in [0.2, 0.25) is 0 Å². The molecule has 0 bridgehead atoms. The van der Waals surface area contributed by atoms with Gasteiger partial charge in [-0.25, -0.2) is 0 Å². The van der Waals surface area contributed by atoms with Crippen molar-refractivity contribution in [2.75, 3.05) is 26.0 Å². The van der Waals surface area contributed by atoms with Crippen LogP contribution in [0.3, 0.4) is 0 Å². The van der Waals surface area contributed by atoms with Crippen LogP contribution < -0.4 is 5.32 Å². The van der Waals surface area contributed by atoms with E-state index >= 15 is 0 Å². The lowest BCUT2D eigenvalue weighted by Gasteiger charge is -2.16. The maximum Gasteiger partial charge on any atom is 0.0470 e. The van der Waals surface area contributed by atoms with Gasteiger partial charge in [0, 0.05) is 31.6 Å². The summed E-state index contributed by atoms with van der Waals surface area (Å²) in [7, 11) is 1.77. The van der Waals surface area contributed by atoms with Crippen LogP contribution in [0.25, 0.3) is 0 Å². The first-order chi connectivity index (χ1) is 7.20. The summed E-state index contributed by atoms with van der Waals surface area (Å²) in [4.78, 5) is 0. The number of ether oxygens (including phenoxy) is 1. The second-order valence-electron chi connectivity index (χ2n) is 4.13. The van der Waals surface area contributed by atoms with E-state index in [1.807, 2.05) is 11.8 Å². The molecule has 0 aliphatic carbocycles. The zero-order valence-corrected chi connectivity index (χ0v) is 11.5. The van der Waals surface area contributed by atoms with Crippen LogP contribution in [0.5, 0.6) is 0 Å². The van der Waals surface area contributed by atoms with E-state index in [-0.39, 0.29) is 0 Å². The monoisotopic (exact) mass is 233 g/mol. The summed E-state index contributed by atoms with van der Waals surface area (Å²) in [6, 6.07) is 0.664. The van der Waals surface area contributed by atoms with Gasteiger partial charge in [0.1, 0.15) is 0 Å². The molecule has 0 rings (SSSR count). The van der Waals surface area contributed by atoms with Gasteiger partial charge in [-0.1, -0.05) is 20.3 Å². The van der Waals surface area contributed by atoms with Crippen molar-refractivity contribution in [3.05, 3.63) is 0 Å². The average Bonchev–Trinajstić information content (AvgIpc) is 2.22. The molecule has 0 aliphatic rings. The minimum atomic E-state index is 0.664. The molecule has 0 heterocycles. The van der Waals surface area contributed by atoms with Gasteiger partial charge in [0.05, 0.1) is 0 Å². The Morgan fingerprint density at radius 3 is 2.67 bits per heavy atom. The average molecular weight is 233 g/mol. The Labute approximate surface area is 99.5 Å². The molecular formula is C12H27NOS. The first kappa shape index (κ1) is 15.3. The Balaban J connectivity index is 3.28. The van der Waals surface area contributed by atoms with E-state index in [0.717, 1.165) is 19.6 Å². The largest absolute Gasteiger partial charge is 0.385 e. The molecule has 0 amide bonds. The highest BCUT2D eigenvalue weighted by Gasteiger charge is 2.04. The molecule has 3 heteroatoms. The van der Waals surface area contributed by atoms with Gasteiger partial charge in [0.15, 0.2) is 0 Å². The van der Waals surface area contributed by atoms with Crippen LogP contribution in [0.4, 0.5) is 0 Å². The highest BCUT2D eigenvalue weighted by atomic mass is 32.2. The van der Waals surface area contributed by atoms with Crippen LogP contribution in [0.2, 0.25) is 0 Å². The molecule has 0 aromatic heterocycles. The van der Waals surface area contributed by atoms with Gasteiger partial charge >= 0.3 is 0 Å². The third kappa shape index (κ3) is 10.6. The van der Waals surface area contributed by atoms with Crippen molar-refractivity contribution in [2.24, 2.45) is 0 Å². The summed E-state index contributed by atoms with van der Waals surface area (Å²) >= 11 is 2.03. The first-order valence-corrected chi connectivity index (χ1v) is 7.09. The van der Waals surface area contributed by atoms with E-state index in [4.69, 9.17) is 4.74 Å². The highest BCUT2D eigenvalue weighted by molar-refractivity contribution is 7.99. The van der Waals surface area contributed by atoms with Crippen LogP contribution in [-0.2, 0) is 4.74 Å². The van der Waals surface area contributed by atoms with E-state index < -0.39 is 0 Å². The lowest BCUT2D eigenvalue weighted by molar-refractivity contribution is 0.200. The fraction of sp³-hybridized carbons (Fsp3) is 1.00. The Bertz CT molecular complexity index is 133. The van der Waals surface area contributed by atoms with Crippen LogP contribution >= 0.6 is 11.8 Å². The summed E-state index contributed by atoms with van der Waals surface area (Å²) in [5.41, 5.74) is 0. The number of rotatable bonds is 10. The minimum Gasteiger partial charge on any atom is -0.385 e. The van der Waals surface area contributed by atoms with Gasteiger partial charge in [0.25, 0.3) is 0 Å². The number of hydrogen-bond donors (Lipinski definition) is 1. The second kappa shape index (κ2) is 10.8. The molecule has 92 valence electrons. The molecule has 0 aromatic rings. The number of methoxy groups -OCH3 is 1. The molecule has 1 N–H and O–H groups in total. The zero-order chi connectivity index (χ0) is 11.5. The molecular weight excluding hydrogens is 206 g/mol. The fourth-order valence-electron chi connectivity index (χ4n) is 1.45. The lowest BCUT2D eigenvalue weighted by atomic mass is 10.2. The third-order valence-electron chi connectivity index (χ3n) is 2.37. The molecule has 0 aliphatic heterocycles. The quantitative estimate of drug-likeness (QED) is 0.586. The number of hydrogen-bond acceptors (Lipinski definition) is 3. The molecule has 0 spiro atoms. The van der Waals surface area contributed by atoms with Gasteiger partial charge in [-0.15, -0.1) is 0 Å². The van der Waals surface area contributed by atoms with Crippen molar-refractivity contribution in [1.29, 1.82) is 0 Å². The third-order valence-corrected chi connectivity index (χ3v) is 3.63. The van der Waals surface area contributed by atoms with E-state index in [1.54, 1.807) is 7.11 Å². The highest BCUT2D eigenvalue weighted by Crippen LogP contribution is 2.11. The number of nitrogens with one attached hydrogen (secondary N) is 1. The van der Waals surface area contributed by atoms with E-state index in [0.29, 0.717) is 11.3 Å². The molecule has 0 radical (unpaired) electrons. The summed E-state index contributed by atoms with van der Waals surface area (Å²) in [5, 5.41) is 4.28. The maximum absolute atomic E-state index is 5.02. The Morgan fingerprint density at radius 2 is 2.07 bits per heavy atom. The van der Waals surface area contributed by atoms with Gasteiger partial charge in [-0.2, -0.15) is 11.8 Å². The lowest BCUT2D eigenvalue weighted by Crippen LogP contribution is -2.31. The number of thioether (sulfide) groups is 1. The second-order valence-corrected chi connectivity index (χ2v) is 5.67. The van der Waals surface area contributed by atoms with E-state index in [9.17, 15) is 0 Å². The van der Waals surface area contributed by atoms with Crippen LogP contribution in [0.1, 0.15) is 40.0 Å². The summed E-state index contributed by atoms with van der Waals surface area (Å²) < 4.78 is 5.02. The molecule has 2 atom stereocenters. The minimum absolute atomic E-state index is 0.664. The summed E-state index contributed by atoms with van der Waals surface area (Å²) in [5.74, 6) is 1.21. The van der Waals surface area contributed by atoms with Gasteiger partial charge < -0.3 is 10.1 Å². The Morgan fingerprint density at radius 1 is 1.33 bits per heavy atom. The van der Waals surface area contributed by atoms with Crippen molar-refractivity contribution in [1.82, 2.24) is 5.32 Å². The van der Waals surface area contributed by atoms with Crippen molar-refractivity contribution in [3.8, 4) is 0 Å². The molecule has 15 heavy (non-hydrogen) atoms. The Kier molecular flexibility index (Phi) is 11.0. The smallest absolute Gasteiger partial charge is 0.0470 e. The van der Waals surface area contributed by atoms with Crippen LogP contribution in [0, 0.1) is 0 Å². The van der Waals surface area contributed by atoms with Crippen molar-refractivity contribution < 1.29 is 4.74 Å². The molecule has 0 fully saturated rings. The van der Waals surface area contributed by atoms with Crippen molar-refractivity contribution in [2.45, 2.75) is 51.3 Å². The van der Waals surface area contributed by atoms with Crippen molar-refractivity contribution in [3.63, 3.8) is 0 Å². The zero-order valence-electron chi connectivity index (χ0n) is 10.7. The molecule has 0 saturated heterocycles. The predicted molar refractivity (Wildman–Crippen MR) is 70.8 cm³/mol. The Hall–Kier alpha value is 0.270. The maximum atomic E-state index is 5.02. The summed E-state index contributed by atoms with van der Waals surface area (Å²) in [6.07, 6.45) is 3.71. The SMILES string of the molecule is CCCC(C)NCC(C)SCCCOC. The standard InChI is InChI=1S/C12H27NOS/c1-5-7-11(2)13-10-12(3)15-9-6-8-14-4/h11-13H,5-10H2,1-4H3. The first-order valence-electron chi connectivity index (χ1n) is 6.04. The predicted octanol–water partition coefficient (Wildman–Crippen LogP) is 2.92. The summed E-state index contributed by atoms with van der Waals surface area (Å²) in [6.45, 7) is 8.81. The fourth-order valence-corrected chi connectivity index (χ4v) is 2.35. The van der Waals surface area contributed by atoms with Crippen LogP contribution in [-0.4, -0.2) is 37.3 Å². The van der Waals surface area contributed by atoms with E-state index in [2.05, 4.69) is 26.1 Å².